The summed E-state index contributed by atoms with van der Waals surface area (Å²) in [6, 6.07) is 2.67. The Morgan fingerprint density at radius 1 is 1.32 bits per heavy atom. The molecule has 1 rings (SSSR count). The molecule has 0 aliphatic carbocycles. The lowest BCUT2D eigenvalue weighted by molar-refractivity contribution is -0.137. The number of anilines is 1. The van der Waals surface area contributed by atoms with E-state index < -0.39 is 21.9 Å². The molecule has 0 heterocycles. The number of alkyl halides is 3. The molecule has 0 fully saturated rings. The predicted octanol–water partition coefficient (Wildman–Crippen LogP) is 1.38. The highest BCUT2D eigenvalue weighted by Crippen LogP contribution is 2.32. The molecule has 3 N–H and O–H groups in total. The summed E-state index contributed by atoms with van der Waals surface area (Å²) in [5.41, 5.74) is 4.57. The standard InChI is InChI=1S/C10H14F3N3O2S/c1-16(2)19(17,18)15-9-4-3-8(10(11,12)13)5-7(9)6-14/h3-5,15H,6,14H2,1-2H3. The highest BCUT2D eigenvalue weighted by molar-refractivity contribution is 7.90. The molecule has 9 heteroatoms. The van der Waals surface area contributed by atoms with E-state index in [1.165, 1.54) is 14.1 Å². The van der Waals surface area contributed by atoms with Gasteiger partial charge in [-0.3, -0.25) is 4.72 Å². The Kier molecular flexibility index (Phi) is 4.43. The van der Waals surface area contributed by atoms with Gasteiger partial charge in [0.05, 0.1) is 11.3 Å². The maximum atomic E-state index is 12.5. The monoisotopic (exact) mass is 297 g/mol. The Balaban J connectivity index is 3.18. The summed E-state index contributed by atoms with van der Waals surface area (Å²) in [5.74, 6) is 0. The molecule has 0 bridgehead atoms. The molecule has 5 nitrogen and oxygen atoms in total. The second-order valence-electron chi connectivity index (χ2n) is 3.96. The van der Waals surface area contributed by atoms with E-state index in [-0.39, 0.29) is 17.8 Å². The van der Waals surface area contributed by atoms with E-state index >= 15 is 0 Å². The van der Waals surface area contributed by atoms with E-state index in [1.807, 2.05) is 0 Å². The van der Waals surface area contributed by atoms with Crippen molar-refractivity contribution >= 4 is 15.9 Å². The van der Waals surface area contributed by atoms with Crippen LogP contribution < -0.4 is 10.5 Å². The molecule has 0 aliphatic heterocycles. The number of hydrogen-bond donors (Lipinski definition) is 2. The average Bonchev–Trinajstić information content (AvgIpc) is 2.27. The SMILES string of the molecule is CN(C)S(=O)(=O)Nc1ccc(C(F)(F)F)cc1CN. The molecule has 0 saturated carbocycles. The van der Waals surface area contributed by atoms with Crippen molar-refractivity contribution < 1.29 is 21.6 Å². The quantitative estimate of drug-likeness (QED) is 0.881. The van der Waals surface area contributed by atoms with Crippen molar-refractivity contribution in [1.82, 2.24) is 4.31 Å². The third-order valence-corrected chi connectivity index (χ3v) is 3.81. The predicted molar refractivity (Wildman–Crippen MR) is 65.6 cm³/mol. The summed E-state index contributed by atoms with van der Waals surface area (Å²) >= 11 is 0. The number of rotatable bonds is 4. The second-order valence-corrected chi connectivity index (χ2v) is 5.85. The van der Waals surface area contributed by atoms with Crippen LogP contribution in [0.15, 0.2) is 18.2 Å². The maximum absolute atomic E-state index is 12.5. The topological polar surface area (TPSA) is 75.4 Å². The average molecular weight is 297 g/mol. The molecule has 0 aliphatic rings. The number of halogens is 3. The Morgan fingerprint density at radius 3 is 2.32 bits per heavy atom. The molecule has 108 valence electrons. The third kappa shape index (κ3) is 3.82. The van der Waals surface area contributed by atoms with E-state index in [9.17, 15) is 21.6 Å². The Bertz CT molecular complexity index is 556. The van der Waals surface area contributed by atoms with Crippen LogP contribution in [0, 0.1) is 0 Å². The van der Waals surface area contributed by atoms with Gasteiger partial charge in [0.1, 0.15) is 0 Å². The first kappa shape index (κ1) is 15.7. The first-order valence-electron chi connectivity index (χ1n) is 5.18. The first-order valence-corrected chi connectivity index (χ1v) is 6.62. The summed E-state index contributed by atoms with van der Waals surface area (Å²) in [6.45, 7) is -0.213. The fourth-order valence-electron chi connectivity index (χ4n) is 1.27. The number of hydrogen-bond acceptors (Lipinski definition) is 3. The first-order chi connectivity index (χ1) is 8.58. The van der Waals surface area contributed by atoms with E-state index in [4.69, 9.17) is 5.73 Å². The van der Waals surface area contributed by atoms with Crippen molar-refractivity contribution in [3.05, 3.63) is 29.3 Å². The molecule has 1 aromatic carbocycles. The van der Waals surface area contributed by atoms with Crippen molar-refractivity contribution in [3.8, 4) is 0 Å². The molecule has 0 unspecified atom stereocenters. The van der Waals surface area contributed by atoms with E-state index in [2.05, 4.69) is 4.72 Å². The van der Waals surface area contributed by atoms with Crippen molar-refractivity contribution in [2.75, 3.05) is 18.8 Å². The summed E-state index contributed by atoms with van der Waals surface area (Å²) in [7, 11) is -1.19. The van der Waals surface area contributed by atoms with Gasteiger partial charge in [-0.1, -0.05) is 0 Å². The molecule has 0 radical (unpaired) electrons. The molecule has 0 atom stereocenters. The largest absolute Gasteiger partial charge is 0.416 e. The fraction of sp³-hybridized carbons (Fsp3) is 0.400. The highest BCUT2D eigenvalue weighted by atomic mass is 32.2. The van der Waals surface area contributed by atoms with Gasteiger partial charge in [-0.25, -0.2) is 0 Å². The van der Waals surface area contributed by atoms with Gasteiger partial charge in [0.15, 0.2) is 0 Å². The lowest BCUT2D eigenvalue weighted by atomic mass is 10.1. The second kappa shape index (κ2) is 5.35. The zero-order valence-electron chi connectivity index (χ0n) is 10.3. The maximum Gasteiger partial charge on any atom is 0.416 e. The summed E-state index contributed by atoms with van der Waals surface area (Å²) < 4.78 is 63.8. The minimum atomic E-state index is -4.50. The van der Waals surface area contributed by atoms with Gasteiger partial charge in [-0.05, 0) is 23.8 Å². The van der Waals surface area contributed by atoms with E-state index in [0.717, 1.165) is 22.5 Å². The molecule has 19 heavy (non-hydrogen) atoms. The third-order valence-electron chi connectivity index (χ3n) is 2.37. The van der Waals surface area contributed by atoms with Crippen LogP contribution in [-0.4, -0.2) is 26.8 Å². The minimum absolute atomic E-state index is 0.0317. The molecular formula is C10H14F3N3O2S. The minimum Gasteiger partial charge on any atom is -0.326 e. The summed E-state index contributed by atoms with van der Waals surface area (Å²) in [6.07, 6.45) is -4.50. The number of nitrogens with two attached hydrogens (primary N) is 1. The van der Waals surface area contributed by atoms with Gasteiger partial charge in [0.2, 0.25) is 0 Å². The van der Waals surface area contributed by atoms with Crippen LogP contribution in [-0.2, 0) is 22.9 Å². The van der Waals surface area contributed by atoms with Crippen molar-refractivity contribution in [1.29, 1.82) is 0 Å². The summed E-state index contributed by atoms with van der Waals surface area (Å²) in [5, 5.41) is 0. The van der Waals surface area contributed by atoms with Gasteiger partial charge >= 0.3 is 16.4 Å². The molecular weight excluding hydrogens is 283 g/mol. The van der Waals surface area contributed by atoms with Crippen LogP contribution in [0.1, 0.15) is 11.1 Å². The van der Waals surface area contributed by atoms with Crippen molar-refractivity contribution in [2.45, 2.75) is 12.7 Å². The molecule has 0 aromatic heterocycles. The smallest absolute Gasteiger partial charge is 0.326 e. The Labute approximate surface area is 109 Å². The van der Waals surface area contributed by atoms with Crippen LogP contribution >= 0.6 is 0 Å². The lowest BCUT2D eigenvalue weighted by Gasteiger charge is -2.17. The van der Waals surface area contributed by atoms with Crippen LogP contribution in [0.25, 0.3) is 0 Å². The summed E-state index contributed by atoms with van der Waals surface area (Å²) in [4.78, 5) is 0. The highest BCUT2D eigenvalue weighted by Gasteiger charge is 2.31. The molecule has 0 saturated heterocycles. The number of benzene rings is 1. The van der Waals surface area contributed by atoms with E-state index in [1.54, 1.807) is 0 Å². The van der Waals surface area contributed by atoms with Crippen LogP contribution in [0.5, 0.6) is 0 Å². The van der Waals surface area contributed by atoms with Crippen LogP contribution in [0.2, 0.25) is 0 Å². The zero-order chi connectivity index (χ0) is 14.8. The zero-order valence-corrected chi connectivity index (χ0v) is 11.1. The van der Waals surface area contributed by atoms with E-state index in [0.29, 0.717) is 0 Å². The van der Waals surface area contributed by atoms with Gasteiger partial charge < -0.3 is 5.73 Å². The van der Waals surface area contributed by atoms with Gasteiger partial charge in [-0.2, -0.15) is 25.9 Å². The fourth-order valence-corrected chi connectivity index (χ4v) is 1.93. The van der Waals surface area contributed by atoms with Gasteiger partial charge in [0, 0.05) is 20.6 Å². The van der Waals surface area contributed by atoms with Crippen molar-refractivity contribution in [3.63, 3.8) is 0 Å². The molecule has 0 amide bonds. The Morgan fingerprint density at radius 2 is 1.89 bits per heavy atom. The lowest BCUT2D eigenvalue weighted by Crippen LogP contribution is -2.29. The number of nitrogens with zero attached hydrogens (tertiary/aromatic N) is 1. The van der Waals surface area contributed by atoms with Crippen LogP contribution in [0.4, 0.5) is 18.9 Å². The van der Waals surface area contributed by atoms with Crippen LogP contribution in [0.3, 0.4) is 0 Å². The number of nitrogens with one attached hydrogen (secondary N) is 1. The van der Waals surface area contributed by atoms with Crippen molar-refractivity contribution in [2.24, 2.45) is 5.73 Å². The Hall–Kier alpha value is -1.32. The van der Waals surface area contributed by atoms with Gasteiger partial charge in [-0.15, -0.1) is 0 Å². The van der Waals surface area contributed by atoms with Gasteiger partial charge in [0.25, 0.3) is 0 Å². The molecule has 0 spiro atoms. The molecule has 1 aromatic rings. The normalized spacial score (nSPS) is 12.8.